The smallest absolute Gasteiger partial charge is 0.0309 e. The lowest BCUT2D eigenvalue weighted by Gasteiger charge is -2.37. The normalized spacial score (nSPS) is 20.0. The lowest BCUT2D eigenvalue weighted by molar-refractivity contribution is 0.159. The highest BCUT2D eigenvalue weighted by molar-refractivity contribution is 5.38. The molecule has 32 heavy (non-hydrogen) atoms. The molecule has 0 radical (unpaired) electrons. The van der Waals surface area contributed by atoms with E-state index < -0.39 is 0 Å². The van der Waals surface area contributed by atoms with Crippen LogP contribution in [0.25, 0.3) is 0 Å². The Hall–Kier alpha value is -3.42. The minimum Gasteiger partial charge on any atom is -0.290 e. The Morgan fingerprint density at radius 3 is 1.16 bits per heavy atom. The summed E-state index contributed by atoms with van der Waals surface area (Å²) >= 11 is 0. The number of hydrogen-bond donors (Lipinski definition) is 0. The summed E-state index contributed by atoms with van der Waals surface area (Å²) in [6, 6.07) is 44.1. The van der Waals surface area contributed by atoms with Crippen molar-refractivity contribution in [1.82, 2.24) is 4.90 Å². The van der Waals surface area contributed by atoms with Gasteiger partial charge in [-0.1, -0.05) is 133 Å². The molecule has 1 heteroatoms. The molecule has 0 saturated carbocycles. The summed E-state index contributed by atoms with van der Waals surface area (Å²) in [4.78, 5) is 2.68. The van der Waals surface area contributed by atoms with Gasteiger partial charge in [0.1, 0.15) is 0 Å². The summed E-state index contributed by atoms with van der Waals surface area (Å²) in [6.45, 7) is 1.85. The molecule has 0 spiro atoms. The summed E-state index contributed by atoms with van der Waals surface area (Å²) in [7, 11) is 0. The lowest BCUT2D eigenvalue weighted by Crippen LogP contribution is -2.40. The Labute approximate surface area is 191 Å². The maximum Gasteiger partial charge on any atom is 0.0309 e. The van der Waals surface area contributed by atoms with Crippen LogP contribution in [-0.2, 0) is 13.1 Å². The van der Waals surface area contributed by atoms with Gasteiger partial charge in [-0.25, -0.2) is 0 Å². The third kappa shape index (κ3) is 4.59. The maximum absolute atomic E-state index is 2.68. The zero-order valence-corrected chi connectivity index (χ0v) is 18.3. The summed E-state index contributed by atoms with van der Waals surface area (Å²) in [5.41, 5.74) is 5.49. The Morgan fingerprint density at radius 1 is 0.438 bits per heavy atom. The van der Waals surface area contributed by atoms with Crippen molar-refractivity contribution >= 4 is 0 Å². The molecule has 0 bridgehead atoms. The van der Waals surface area contributed by atoms with Crippen molar-refractivity contribution in [3.63, 3.8) is 0 Å². The molecule has 0 N–H and O–H groups in total. The summed E-state index contributed by atoms with van der Waals surface area (Å²) in [6.07, 6.45) is 4.86. The van der Waals surface area contributed by atoms with Gasteiger partial charge in [-0.3, -0.25) is 4.90 Å². The number of hydrogen-bond acceptors (Lipinski definition) is 1. The predicted octanol–water partition coefficient (Wildman–Crippen LogP) is 7.19. The molecule has 2 unspecified atom stereocenters. The fourth-order valence-corrected chi connectivity index (χ4v) is 5.01. The summed E-state index contributed by atoms with van der Waals surface area (Å²) < 4.78 is 0. The molecular weight excluding hydrogens is 386 g/mol. The minimum atomic E-state index is 0.347. The molecule has 1 aliphatic rings. The molecule has 0 amide bonds. The Kier molecular flexibility index (Phi) is 6.28. The first-order valence-electron chi connectivity index (χ1n) is 11.5. The monoisotopic (exact) mass is 415 g/mol. The van der Waals surface area contributed by atoms with Crippen LogP contribution in [0.2, 0.25) is 0 Å². The molecule has 4 aromatic carbocycles. The second-order valence-corrected chi connectivity index (χ2v) is 8.62. The second kappa shape index (κ2) is 9.80. The van der Waals surface area contributed by atoms with Gasteiger partial charge in [0.05, 0.1) is 0 Å². The van der Waals surface area contributed by atoms with Gasteiger partial charge in [-0.2, -0.15) is 0 Å². The maximum atomic E-state index is 2.68. The molecular formula is C31H29N. The SMILES string of the molecule is C1=CC(c2ccccc2)C(N(Cc2ccccc2)Cc2ccccc2)C1c1ccccc1. The van der Waals surface area contributed by atoms with Gasteiger partial charge in [-0.15, -0.1) is 0 Å². The van der Waals surface area contributed by atoms with Crippen molar-refractivity contribution < 1.29 is 0 Å². The Morgan fingerprint density at radius 2 is 0.781 bits per heavy atom. The van der Waals surface area contributed by atoms with E-state index in [1.54, 1.807) is 0 Å². The zero-order chi connectivity index (χ0) is 21.6. The van der Waals surface area contributed by atoms with Gasteiger partial charge in [-0.05, 0) is 22.3 Å². The van der Waals surface area contributed by atoms with E-state index in [2.05, 4.69) is 138 Å². The van der Waals surface area contributed by atoms with Crippen LogP contribution < -0.4 is 0 Å². The Bertz CT molecular complexity index is 1030. The van der Waals surface area contributed by atoms with Crippen LogP contribution in [0.5, 0.6) is 0 Å². The molecule has 5 rings (SSSR count). The number of nitrogens with zero attached hydrogens (tertiary/aromatic N) is 1. The zero-order valence-electron chi connectivity index (χ0n) is 18.3. The largest absolute Gasteiger partial charge is 0.290 e. The first kappa shape index (κ1) is 20.5. The summed E-state index contributed by atoms with van der Waals surface area (Å²) in [5.74, 6) is 0.711. The standard InChI is InChI=1S/C31H29N/c1-5-13-25(14-6-1)23-32(24-26-15-7-2-8-16-26)31-29(27-17-9-3-10-18-27)21-22-30(31)28-19-11-4-12-20-28/h1-22,29-31H,23-24H2. The topological polar surface area (TPSA) is 3.24 Å². The molecule has 1 aliphatic carbocycles. The van der Waals surface area contributed by atoms with Crippen LogP contribution in [0, 0.1) is 0 Å². The summed E-state index contributed by atoms with van der Waals surface area (Å²) in [5, 5.41) is 0. The van der Waals surface area contributed by atoms with Crippen LogP contribution in [-0.4, -0.2) is 10.9 Å². The van der Waals surface area contributed by atoms with Crippen molar-refractivity contribution in [1.29, 1.82) is 0 Å². The van der Waals surface area contributed by atoms with Gasteiger partial charge < -0.3 is 0 Å². The fraction of sp³-hybridized carbons (Fsp3) is 0.161. The van der Waals surface area contributed by atoms with Crippen LogP contribution in [0.1, 0.15) is 34.1 Å². The molecule has 2 atom stereocenters. The van der Waals surface area contributed by atoms with Crippen molar-refractivity contribution in [3.8, 4) is 0 Å². The second-order valence-electron chi connectivity index (χ2n) is 8.62. The molecule has 0 aromatic heterocycles. The third-order valence-corrected chi connectivity index (χ3v) is 6.51. The minimum absolute atomic E-state index is 0.347. The first-order valence-corrected chi connectivity index (χ1v) is 11.5. The highest BCUT2D eigenvalue weighted by atomic mass is 15.2. The van der Waals surface area contributed by atoms with Gasteiger partial charge in [0.2, 0.25) is 0 Å². The number of benzene rings is 4. The molecule has 0 saturated heterocycles. The lowest BCUT2D eigenvalue weighted by atomic mass is 9.84. The van der Waals surface area contributed by atoms with E-state index in [4.69, 9.17) is 0 Å². The van der Waals surface area contributed by atoms with Gasteiger partial charge in [0, 0.05) is 31.0 Å². The first-order chi connectivity index (χ1) is 15.9. The Balaban J connectivity index is 1.56. The average molecular weight is 416 g/mol. The number of rotatable bonds is 7. The van der Waals surface area contributed by atoms with Crippen LogP contribution >= 0.6 is 0 Å². The van der Waals surface area contributed by atoms with E-state index in [1.165, 1.54) is 22.3 Å². The highest BCUT2D eigenvalue weighted by Gasteiger charge is 2.37. The molecule has 4 aromatic rings. The van der Waals surface area contributed by atoms with Crippen LogP contribution in [0.4, 0.5) is 0 Å². The van der Waals surface area contributed by atoms with E-state index in [0.29, 0.717) is 17.9 Å². The van der Waals surface area contributed by atoms with E-state index in [1.807, 2.05) is 0 Å². The highest BCUT2D eigenvalue weighted by Crippen LogP contribution is 2.42. The molecule has 0 fully saturated rings. The molecule has 0 aliphatic heterocycles. The van der Waals surface area contributed by atoms with Gasteiger partial charge >= 0.3 is 0 Å². The van der Waals surface area contributed by atoms with E-state index in [0.717, 1.165) is 13.1 Å². The van der Waals surface area contributed by atoms with E-state index in [9.17, 15) is 0 Å². The van der Waals surface area contributed by atoms with Gasteiger partial charge in [0.25, 0.3) is 0 Å². The van der Waals surface area contributed by atoms with Gasteiger partial charge in [0.15, 0.2) is 0 Å². The molecule has 1 nitrogen and oxygen atoms in total. The van der Waals surface area contributed by atoms with Crippen LogP contribution in [0.3, 0.4) is 0 Å². The van der Waals surface area contributed by atoms with E-state index >= 15 is 0 Å². The van der Waals surface area contributed by atoms with Crippen LogP contribution in [0.15, 0.2) is 133 Å². The van der Waals surface area contributed by atoms with Crippen molar-refractivity contribution in [2.45, 2.75) is 31.0 Å². The predicted molar refractivity (Wildman–Crippen MR) is 133 cm³/mol. The van der Waals surface area contributed by atoms with Crippen molar-refractivity contribution in [2.24, 2.45) is 0 Å². The van der Waals surface area contributed by atoms with E-state index in [-0.39, 0.29) is 0 Å². The average Bonchev–Trinajstić information content (AvgIpc) is 3.31. The quantitative estimate of drug-likeness (QED) is 0.289. The molecule has 158 valence electrons. The van der Waals surface area contributed by atoms with Crippen molar-refractivity contribution in [3.05, 3.63) is 156 Å². The third-order valence-electron chi connectivity index (χ3n) is 6.51. The van der Waals surface area contributed by atoms with Crippen molar-refractivity contribution in [2.75, 3.05) is 0 Å². The fourth-order valence-electron chi connectivity index (χ4n) is 5.01. The molecule has 0 heterocycles.